The molecule has 0 bridgehead atoms. The first-order chi connectivity index (χ1) is 9.22. The molecule has 0 fully saturated rings. The van der Waals surface area contributed by atoms with E-state index in [1.54, 1.807) is 0 Å². The molecule has 0 spiro atoms. The van der Waals surface area contributed by atoms with Crippen molar-refractivity contribution >= 4 is 11.7 Å². The molecule has 116 valence electrons. The number of unbranched alkanes of at least 4 members (excludes halogenated alkanes) is 2. The average Bonchev–Trinajstić information content (AvgIpc) is 2.40. The van der Waals surface area contributed by atoms with Gasteiger partial charge in [-0.2, -0.15) is 10.2 Å². The zero-order chi connectivity index (χ0) is 15.8. The summed E-state index contributed by atoms with van der Waals surface area (Å²) in [5.74, 6) is 0.0205. The van der Waals surface area contributed by atoms with Crippen LogP contribution >= 0.6 is 0 Å². The highest BCUT2D eigenvalue weighted by Crippen LogP contribution is 2.25. The summed E-state index contributed by atoms with van der Waals surface area (Å²) < 4.78 is 0. The second kappa shape index (κ2) is 7.97. The number of nitrogens with two attached hydrogens (primary N) is 2. The smallest absolute Gasteiger partial charge is 0.135 e. The van der Waals surface area contributed by atoms with Crippen LogP contribution in [0.2, 0.25) is 0 Å². The van der Waals surface area contributed by atoms with Crippen LogP contribution < -0.4 is 11.5 Å². The largest absolute Gasteiger partial charge is 0.386 e. The lowest BCUT2D eigenvalue weighted by Gasteiger charge is -2.27. The monoisotopic (exact) mass is 282 g/mol. The van der Waals surface area contributed by atoms with Crippen molar-refractivity contribution in [2.75, 3.05) is 0 Å². The summed E-state index contributed by atoms with van der Waals surface area (Å²) in [5, 5.41) is 24.0. The Morgan fingerprint density at radius 1 is 0.850 bits per heavy atom. The molecule has 20 heavy (non-hydrogen) atoms. The van der Waals surface area contributed by atoms with Crippen LogP contribution in [0.5, 0.6) is 0 Å². The van der Waals surface area contributed by atoms with Crippen molar-refractivity contribution in [2.24, 2.45) is 21.7 Å². The molecule has 2 atom stereocenters. The summed E-state index contributed by atoms with van der Waals surface area (Å²) in [6.45, 7) is 7.79. The summed E-state index contributed by atoms with van der Waals surface area (Å²) >= 11 is 0. The normalized spacial score (nSPS) is 17.6. The molecule has 0 aromatic rings. The lowest BCUT2D eigenvalue weighted by Crippen LogP contribution is -2.42. The lowest BCUT2D eigenvalue weighted by molar-refractivity contribution is 0.447. The van der Waals surface area contributed by atoms with Gasteiger partial charge in [0.05, 0.1) is 0 Å². The average molecular weight is 282 g/mol. The number of nitrogens with zero attached hydrogens (tertiary/aromatic N) is 2. The highest BCUT2D eigenvalue weighted by Gasteiger charge is 2.32. The molecule has 2 unspecified atom stereocenters. The van der Waals surface area contributed by atoms with Gasteiger partial charge in [0.2, 0.25) is 0 Å². The zero-order valence-electron chi connectivity index (χ0n) is 13.3. The third-order valence-electron chi connectivity index (χ3n) is 3.69. The first-order valence-corrected chi connectivity index (χ1v) is 7.35. The van der Waals surface area contributed by atoms with Crippen LogP contribution in [0, 0.1) is 10.8 Å². The van der Waals surface area contributed by atoms with E-state index in [0.717, 1.165) is 25.7 Å². The molecule has 6 heteroatoms. The molecule has 0 aliphatic carbocycles. The third-order valence-corrected chi connectivity index (χ3v) is 3.69. The Morgan fingerprint density at radius 2 is 1.15 bits per heavy atom. The molecule has 0 aliphatic heterocycles. The van der Waals surface area contributed by atoms with E-state index in [1.807, 2.05) is 13.8 Å². The molecule has 0 heterocycles. The van der Waals surface area contributed by atoms with Gasteiger partial charge in [-0.25, -0.2) is 0 Å². The highest BCUT2D eigenvalue weighted by molar-refractivity contribution is 5.88. The van der Waals surface area contributed by atoms with E-state index in [-0.39, 0.29) is 11.7 Å². The van der Waals surface area contributed by atoms with Gasteiger partial charge in [-0.1, -0.05) is 39.5 Å². The second-order valence-electron chi connectivity index (χ2n) is 5.78. The van der Waals surface area contributed by atoms with Crippen LogP contribution in [0.3, 0.4) is 0 Å². The van der Waals surface area contributed by atoms with Gasteiger partial charge in [-0.3, -0.25) is 10.8 Å². The summed E-state index contributed by atoms with van der Waals surface area (Å²) in [4.78, 5) is 0. The van der Waals surface area contributed by atoms with E-state index in [2.05, 4.69) is 24.1 Å². The minimum atomic E-state index is -0.793. The van der Waals surface area contributed by atoms with Crippen molar-refractivity contribution in [3.05, 3.63) is 0 Å². The van der Waals surface area contributed by atoms with Gasteiger partial charge in [0.25, 0.3) is 0 Å². The Morgan fingerprint density at radius 3 is 1.35 bits per heavy atom. The first kappa shape index (κ1) is 18.5. The number of rotatable bonds is 10. The summed E-state index contributed by atoms with van der Waals surface area (Å²) in [6.07, 6.45) is 5.26. The molecule has 0 rings (SSSR count). The first-order valence-electron chi connectivity index (χ1n) is 7.35. The van der Waals surface area contributed by atoms with Crippen molar-refractivity contribution in [3.8, 4) is 0 Å². The Balaban J connectivity index is 5.14. The molecule has 0 aromatic carbocycles. The van der Waals surface area contributed by atoms with Crippen LogP contribution in [0.1, 0.15) is 66.2 Å². The molecule has 0 aliphatic rings. The van der Waals surface area contributed by atoms with Gasteiger partial charge in [0.15, 0.2) is 0 Å². The number of hydrogen-bond acceptors (Lipinski definition) is 4. The van der Waals surface area contributed by atoms with Crippen molar-refractivity contribution in [3.63, 3.8) is 0 Å². The van der Waals surface area contributed by atoms with E-state index < -0.39 is 11.1 Å². The standard InChI is InChI=1S/C14H30N6/c1-5-7-9-13(3,11(15)16)19-20-14(4,12(17)18)10-8-6-2/h5-10H2,1-4H3,(H3,15,16)(H3,17,18). The Bertz CT molecular complexity index is 331. The summed E-state index contributed by atoms with van der Waals surface area (Å²) in [7, 11) is 0. The maximum atomic E-state index is 7.72. The maximum absolute atomic E-state index is 7.72. The van der Waals surface area contributed by atoms with Crippen LogP contribution in [-0.4, -0.2) is 22.7 Å². The minimum Gasteiger partial charge on any atom is -0.386 e. The van der Waals surface area contributed by atoms with Crippen LogP contribution in [0.25, 0.3) is 0 Å². The second-order valence-corrected chi connectivity index (χ2v) is 5.78. The molecular weight excluding hydrogens is 252 g/mol. The molecule has 0 radical (unpaired) electrons. The van der Waals surface area contributed by atoms with Gasteiger partial charge in [-0.15, -0.1) is 0 Å². The number of hydrogen-bond donors (Lipinski definition) is 4. The van der Waals surface area contributed by atoms with Crippen molar-refractivity contribution < 1.29 is 0 Å². The quantitative estimate of drug-likeness (QED) is 0.279. The molecule has 6 nitrogen and oxygen atoms in total. The summed E-state index contributed by atoms with van der Waals surface area (Å²) in [5.41, 5.74) is 9.74. The summed E-state index contributed by atoms with van der Waals surface area (Å²) in [6, 6.07) is 0. The third kappa shape index (κ3) is 5.27. The number of amidine groups is 2. The van der Waals surface area contributed by atoms with Gasteiger partial charge < -0.3 is 11.5 Å². The molecule has 0 saturated carbocycles. The maximum Gasteiger partial charge on any atom is 0.135 e. The minimum absolute atomic E-state index is 0.0103. The van der Waals surface area contributed by atoms with E-state index >= 15 is 0 Å². The van der Waals surface area contributed by atoms with Gasteiger partial charge in [-0.05, 0) is 26.7 Å². The van der Waals surface area contributed by atoms with Crippen molar-refractivity contribution in [1.82, 2.24) is 0 Å². The predicted octanol–water partition coefficient (Wildman–Crippen LogP) is 3.21. The molecule has 0 saturated heterocycles. The van der Waals surface area contributed by atoms with E-state index in [1.165, 1.54) is 0 Å². The van der Waals surface area contributed by atoms with Gasteiger partial charge in [0.1, 0.15) is 22.7 Å². The topological polar surface area (TPSA) is 124 Å². The van der Waals surface area contributed by atoms with Crippen LogP contribution in [-0.2, 0) is 0 Å². The Kier molecular flexibility index (Phi) is 7.39. The lowest BCUT2D eigenvalue weighted by atomic mass is 9.93. The molecule has 6 N–H and O–H groups in total. The molecular formula is C14H30N6. The van der Waals surface area contributed by atoms with Crippen LogP contribution in [0.15, 0.2) is 10.2 Å². The molecule has 0 aromatic heterocycles. The fourth-order valence-electron chi connectivity index (χ4n) is 1.74. The predicted molar refractivity (Wildman–Crippen MR) is 84.5 cm³/mol. The van der Waals surface area contributed by atoms with Gasteiger partial charge >= 0.3 is 0 Å². The van der Waals surface area contributed by atoms with Gasteiger partial charge in [0, 0.05) is 0 Å². The fraction of sp³-hybridized carbons (Fsp3) is 0.857. The van der Waals surface area contributed by atoms with Crippen molar-refractivity contribution in [1.29, 1.82) is 10.8 Å². The molecule has 0 amide bonds. The highest BCUT2D eigenvalue weighted by atomic mass is 15.2. The van der Waals surface area contributed by atoms with E-state index in [4.69, 9.17) is 22.3 Å². The fourth-order valence-corrected chi connectivity index (χ4v) is 1.74. The van der Waals surface area contributed by atoms with Crippen LogP contribution in [0.4, 0.5) is 0 Å². The zero-order valence-corrected chi connectivity index (χ0v) is 13.3. The van der Waals surface area contributed by atoms with E-state index in [0.29, 0.717) is 12.8 Å². The number of azo groups is 1. The van der Waals surface area contributed by atoms with E-state index in [9.17, 15) is 0 Å². The SMILES string of the molecule is CCCCC(C)(N=NC(C)(CCCC)C(=N)N)C(=N)N. The van der Waals surface area contributed by atoms with Crippen molar-refractivity contribution in [2.45, 2.75) is 77.3 Å². The Labute approximate surface area is 122 Å². The number of nitrogens with one attached hydrogen (secondary N) is 2. The Hall–Kier alpha value is -1.46.